The van der Waals surface area contributed by atoms with Gasteiger partial charge in [0.2, 0.25) is 0 Å². The third-order valence-corrected chi connectivity index (χ3v) is 4.50. The Hall–Kier alpha value is 0.440. The molecule has 0 aromatic heterocycles. The molecule has 0 aromatic rings. The lowest BCUT2D eigenvalue weighted by atomic mass is 9.77. The van der Waals surface area contributed by atoms with Gasteiger partial charge in [-0.2, -0.15) is 0 Å². The van der Waals surface area contributed by atoms with Crippen molar-refractivity contribution in [3.63, 3.8) is 0 Å². The fourth-order valence-corrected chi connectivity index (χ4v) is 3.49. The van der Waals surface area contributed by atoms with Gasteiger partial charge in [0.1, 0.15) is 0 Å². The molecule has 96 valence electrons. The summed E-state index contributed by atoms with van der Waals surface area (Å²) in [5.74, 6) is 0.945. The highest BCUT2D eigenvalue weighted by molar-refractivity contribution is 9.09. The first-order valence-electron chi connectivity index (χ1n) is 6.67. The molecule has 0 aliphatic heterocycles. The van der Waals surface area contributed by atoms with Crippen molar-refractivity contribution in [1.82, 2.24) is 0 Å². The van der Waals surface area contributed by atoms with Crippen LogP contribution >= 0.6 is 15.9 Å². The second kappa shape index (κ2) is 5.86. The predicted molar refractivity (Wildman–Crippen MR) is 74.2 cm³/mol. The summed E-state index contributed by atoms with van der Waals surface area (Å²) in [4.78, 5) is 0. The van der Waals surface area contributed by atoms with Crippen molar-refractivity contribution >= 4 is 15.9 Å². The van der Waals surface area contributed by atoms with Crippen LogP contribution in [0, 0.1) is 5.92 Å². The number of hydrogen-bond acceptors (Lipinski definition) is 1. The van der Waals surface area contributed by atoms with Gasteiger partial charge in [-0.15, -0.1) is 0 Å². The summed E-state index contributed by atoms with van der Waals surface area (Å²) in [6.07, 6.45) is 7.85. The van der Waals surface area contributed by atoms with Crippen LogP contribution in [0.3, 0.4) is 0 Å². The van der Waals surface area contributed by atoms with Crippen molar-refractivity contribution in [2.24, 2.45) is 5.92 Å². The molecule has 0 aromatic carbocycles. The highest BCUT2D eigenvalue weighted by atomic mass is 79.9. The van der Waals surface area contributed by atoms with Crippen LogP contribution in [-0.4, -0.2) is 16.5 Å². The van der Waals surface area contributed by atoms with E-state index in [0.29, 0.717) is 0 Å². The summed E-state index contributed by atoms with van der Waals surface area (Å²) >= 11 is 3.65. The quantitative estimate of drug-likeness (QED) is 0.668. The van der Waals surface area contributed by atoms with Crippen LogP contribution in [0.15, 0.2) is 0 Å². The summed E-state index contributed by atoms with van der Waals surface area (Å²) in [7, 11) is 0. The van der Waals surface area contributed by atoms with E-state index in [-0.39, 0.29) is 11.2 Å². The molecule has 2 heteroatoms. The molecule has 0 atom stereocenters. The zero-order valence-corrected chi connectivity index (χ0v) is 12.9. The van der Waals surface area contributed by atoms with Crippen molar-refractivity contribution in [2.75, 3.05) is 5.33 Å². The lowest BCUT2D eigenvalue weighted by Gasteiger charge is -2.43. The van der Waals surface area contributed by atoms with Gasteiger partial charge in [-0.1, -0.05) is 35.7 Å². The second-order valence-electron chi connectivity index (χ2n) is 6.26. The van der Waals surface area contributed by atoms with Gasteiger partial charge in [0, 0.05) is 5.33 Å². The van der Waals surface area contributed by atoms with E-state index in [1.165, 1.54) is 38.5 Å². The van der Waals surface area contributed by atoms with Crippen LogP contribution in [0.2, 0.25) is 0 Å². The van der Waals surface area contributed by atoms with Crippen LogP contribution in [-0.2, 0) is 4.74 Å². The fraction of sp³-hybridized carbons (Fsp3) is 1.00. The SMILES string of the molecule is CCCC1CCC(CBr)(OC(C)(C)C)CC1. The van der Waals surface area contributed by atoms with Crippen molar-refractivity contribution in [3.8, 4) is 0 Å². The second-order valence-corrected chi connectivity index (χ2v) is 6.82. The van der Waals surface area contributed by atoms with Crippen LogP contribution in [0.25, 0.3) is 0 Å². The smallest absolute Gasteiger partial charge is 0.0786 e. The van der Waals surface area contributed by atoms with Gasteiger partial charge in [-0.05, 0) is 52.4 Å². The fourth-order valence-electron chi connectivity index (χ4n) is 2.81. The molecule has 0 unspecified atom stereocenters. The molecule has 0 amide bonds. The van der Waals surface area contributed by atoms with E-state index in [4.69, 9.17) is 4.74 Å². The first-order valence-corrected chi connectivity index (χ1v) is 7.79. The Morgan fingerprint density at radius 3 is 2.19 bits per heavy atom. The maximum Gasteiger partial charge on any atom is 0.0786 e. The summed E-state index contributed by atoms with van der Waals surface area (Å²) in [6.45, 7) is 8.78. The Bertz CT molecular complexity index is 199. The summed E-state index contributed by atoms with van der Waals surface area (Å²) in [6, 6.07) is 0. The first-order chi connectivity index (χ1) is 7.41. The Balaban J connectivity index is 2.51. The number of rotatable bonds is 4. The minimum atomic E-state index is -0.0225. The molecule has 0 heterocycles. The molecule has 1 saturated carbocycles. The Kier molecular flexibility index (Phi) is 5.31. The molecule has 0 saturated heterocycles. The Labute approximate surface area is 109 Å². The molecular formula is C14H27BrO. The third-order valence-electron chi connectivity index (χ3n) is 3.48. The number of alkyl halides is 1. The Morgan fingerprint density at radius 1 is 1.25 bits per heavy atom. The molecule has 1 aliphatic rings. The lowest BCUT2D eigenvalue weighted by Crippen LogP contribution is -2.44. The highest BCUT2D eigenvalue weighted by Crippen LogP contribution is 2.40. The van der Waals surface area contributed by atoms with Crippen molar-refractivity contribution < 1.29 is 4.74 Å². The molecule has 0 spiro atoms. The van der Waals surface area contributed by atoms with Gasteiger partial charge in [0.05, 0.1) is 11.2 Å². The zero-order chi connectivity index (χ0) is 12.2. The van der Waals surface area contributed by atoms with Crippen LogP contribution in [0.4, 0.5) is 0 Å². The molecule has 1 nitrogen and oxygen atoms in total. The van der Waals surface area contributed by atoms with Crippen LogP contribution < -0.4 is 0 Å². The highest BCUT2D eigenvalue weighted by Gasteiger charge is 2.38. The van der Waals surface area contributed by atoms with Gasteiger partial charge in [0.15, 0.2) is 0 Å². The van der Waals surface area contributed by atoms with E-state index in [2.05, 4.69) is 43.6 Å². The predicted octanol–water partition coefficient (Wildman–Crippen LogP) is 4.93. The number of halogens is 1. The largest absolute Gasteiger partial charge is 0.369 e. The van der Waals surface area contributed by atoms with Gasteiger partial charge in [-0.3, -0.25) is 0 Å². The van der Waals surface area contributed by atoms with E-state index in [1.807, 2.05) is 0 Å². The average Bonchev–Trinajstić information content (AvgIpc) is 2.19. The summed E-state index contributed by atoms with van der Waals surface area (Å²) in [5, 5.41) is 0.982. The summed E-state index contributed by atoms with van der Waals surface area (Å²) < 4.78 is 6.30. The third kappa shape index (κ3) is 4.37. The van der Waals surface area contributed by atoms with E-state index in [9.17, 15) is 0 Å². The molecule has 1 fully saturated rings. The molecular weight excluding hydrogens is 264 g/mol. The normalized spacial score (nSPS) is 31.7. The van der Waals surface area contributed by atoms with Crippen molar-refractivity contribution in [1.29, 1.82) is 0 Å². The minimum Gasteiger partial charge on any atom is -0.369 e. The van der Waals surface area contributed by atoms with E-state index >= 15 is 0 Å². The molecule has 16 heavy (non-hydrogen) atoms. The molecule has 1 aliphatic carbocycles. The van der Waals surface area contributed by atoms with E-state index in [1.54, 1.807) is 0 Å². The van der Waals surface area contributed by atoms with Gasteiger partial charge < -0.3 is 4.74 Å². The van der Waals surface area contributed by atoms with Crippen molar-refractivity contribution in [2.45, 2.75) is 77.4 Å². The first kappa shape index (κ1) is 14.5. The molecule has 0 radical (unpaired) electrons. The van der Waals surface area contributed by atoms with Crippen molar-refractivity contribution in [3.05, 3.63) is 0 Å². The maximum atomic E-state index is 6.30. The average molecular weight is 291 g/mol. The Morgan fingerprint density at radius 2 is 1.81 bits per heavy atom. The van der Waals surface area contributed by atoms with Crippen LogP contribution in [0.5, 0.6) is 0 Å². The lowest BCUT2D eigenvalue weighted by molar-refractivity contribution is -0.139. The topological polar surface area (TPSA) is 9.23 Å². The molecule has 0 N–H and O–H groups in total. The van der Waals surface area contributed by atoms with Gasteiger partial charge in [0.25, 0.3) is 0 Å². The van der Waals surface area contributed by atoms with Crippen LogP contribution in [0.1, 0.15) is 66.2 Å². The molecule has 1 rings (SSSR count). The number of ether oxygens (including phenoxy) is 1. The minimum absolute atomic E-state index is 0.0225. The van der Waals surface area contributed by atoms with E-state index < -0.39 is 0 Å². The summed E-state index contributed by atoms with van der Waals surface area (Å²) in [5.41, 5.74) is 0.0772. The standard InChI is InChI=1S/C14H27BrO/c1-5-6-12-7-9-14(11-15,10-8-12)16-13(2,3)4/h12H,5-11H2,1-4H3. The monoisotopic (exact) mass is 290 g/mol. The maximum absolute atomic E-state index is 6.30. The van der Waals surface area contributed by atoms with Gasteiger partial charge in [-0.25, -0.2) is 0 Å². The zero-order valence-electron chi connectivity index (χ0n) is 11.3. The van der Waals surface area contributed by atoms with Gasteiger partial charge >= 0.3 is 0 Å². The number of hydrogen-bond donors (Lipinski definition) is 0. The van der Waals surface area contributed by atoms with E-state index in [0.717, 1.165) is 11.2 Å². The molecule has 0 bridgehead atoms.